The van der Waals surface area contributed by atoms with Crippen molar-refractivity contribution >= 4 is 29.0 Å². The summed E-state index contributed by atoms with van der Waals surface area (Å²) >= 11 is 0. The molecule has 2 amide bonds. The van der Waals surface area contributed by atoms with Gasteiger partial charge in [-0.15, -0.1) is 10.2 Å². The van der Waals surface area contributed by atoms with Gasteiger partial charge in [0.25, 0.3) is 0 Å². The second-order valence-corrected chi connectivity index (χ2v) is 6.56. The number of carbonyl (C=O) groups excluding carboxylic acids is 1. The summed E-state index contributed by atoms with van der Waals surface area (Å²) in [4.78, 5) is 20.2. The van der Waals surface area contributed by atoms with Crippen LogP contribution in [-0.2, 0) is 0 Å². The van der Waals surface area contributed by atoms with Gasteiger partial charge < -0.3 is 20.4 Å². The third-order valence-corrected chi connectivity index (χ3v) is 4.55. The number of amides is 2. The highest BCUT2D eigenvalue weighted by atomic mass is 19.1. The smallest absolute Gasteiger partial charge is 0.321 e. The topological polar surface area (TPSA) is 86.3 Å². The van der Waals surface area contributed by atoms with Gasteiger partial charge in [-0.25, -0.2) is 9.18 Å². The van der Waals surface area contributed by atoms with E-state index in [-0.39, 0.29) is 11.8 Å². The molecular formula is C20H20FN7O. The second kappa shape index (κ2) is 8.51. The third kappa shape index (κ3) is 4.75. The largest absolute Gasteiger partial charge is 0.352 e. The summed E-state index contributed by atoms with van der Waals surface area (Å²) in [6.45, 7) is 2.36. The molecular weight excluding hydrogens is 373 g/mol. The molecule has 1 aliphatic heterocycles. The fraction of sp³-hybridized carbons (Fsp3) is 0.200. The molecule has 0 spiro atoms. The van der Waals surface area contributed by atoms with Crippen LogP contribution in [-0.4, -0.2) is 52.3 Å². The number of nitrogens with one attached hydrogen (secondary N) is 2. The van der Waals surface area contributed by atoms with Crippen LogP contribution in [0.3, 0.4) is 0 Å². The van der Waals surface area contributed by atoms with Crippen molar-refractivity contribution in [2.75, 3.05) is 41.7 Å². The van der Waals surface area contributed by atoms with E-state index in [1.54, 1.807) is 29.4 Å². The molecule has 4 rings (SSSR count). The summed E-state index contributed by atoms with van der Waals surface area (Å²) in [6.07, 6.45) is 3.42. The van der Waals surface area contributed by atoms with Crippen LogP contribution < -0.4 is 15.5 Å². The van der Waals surface area contributed by atoms with Gasteiger partial charge in [0.1, 0.15) is 5.82 Å². The number of piperazine rings is 1. The van der Waals surface area contributed by atoms with Crippen LogP contribution in [0.1, 0.15) is 0 Å². The quantitative estimate of drug-likeness (QED) is 0.708. The van der Waals surface area contributed by atoms with E-state index in [0.717, 1.165) is 11.5 Å². The molecule has 29 heavy (non-hydrogen) atoms. The first kappa shape index (κ1) is 18.6. The van der Waals surface area contributed by atoms with Crippen molar-refractivity contribution in [1.82, 2.24) is 20.1 Å². The van der Waals surface area contributed by atoms with Gasteiger partial charge in [0.2, 0.25) is 0 Å². The minimum absolute atomic E-state index is 0.239. The van der Waals surface area contributed by atoms with Crippen molar-refractivity contribution in [3.05, 3.63) is 66.7 Å². The Morgan fingerprint density at radius 1 is 0.966 bits per heavy atom. The van der Waals surface area contributed by atoms with Gasteiger partial charge in [-0.05, 0) is 42.5 Å². The highest BCUT2D eigenvalue weighted by molar-refractivity contribution is 5.89. The molecule has 1 aliphatic rings. The van der Waals surface area contributed by atoms with Crippen LogP contribution in [0.4, 0.5) is 32.2 Å². The molecule has 148 valence electrons. The molecule has 0 aliphatic carbocycles. The Morgan fingerprint density at radius 2 is 1.79 bits per heavy atom. The van der Waals surface area contributed by atoms with Gasteiger partial charge in [-0.3, -0.25) is 4.98 Å². The zero-order chi connectivity index (χ0) is 20.1. The molecule has 3 heterocycles. The summed E-state index contributed by atoms with van der Waals surface area (Å²) in [7, 11) is 0. The van der Waals surface area contributed by atoms with Crippen molar-refractivity contribution in [1.29, 1.82) is 0 Å². The van der Waals surface area contributed by atoms with Crippen LogP contribution in [0.15, 0.2) is 60.9 Å². The Balaban J connectivity index is 1.30. The fourth-order valence-corrected chi connectivity index (χ4v) is 3.05. The van der Waals surface area contributed by atoms with Crippen LogP contribution in [0.2, 0.25) is 0 Å². The van der Waals surface area contributed by atoms with Gasteiger partial charge in [-0.2, -0.15) is 0 Å². The highest BCUT2D eigenvalue weighted by Crippen LogP contribution is 2.17. The van der Waals surface area contributed by atoms with Gasteiger partial charge in [0.05, 0.1) is 11.9 Å². The lowest BCUT2D eigenvalue weighted by molar-refractivity contribution is 0.208. The first-order valence-corrected chi connectivity index (χ1v) is 9.24. The summed E-state index contributed by atoms with van der Waals surface area (Å²) in [5.41, 5.74) is 1.28. The number of urea groups is 1. The Bertz CT molecular complexity index is 960. The highest BCUT2D eigenvalue weighted by Gasteiger charge is 2.22. The van der Waals surface area contributed by atoms with Crippen molar-refractivity contribution < 1.29 is 9.18 Å². The van der Waals surface area contributed by atoms with Gasteiger partial charge >= 0.3 is 6.03 Å². The van der Waals surface area contributed by atoms with Crippen LogP contribution in [0.25, 0.3) is 0 Å². The van der Waals surface area contributed by atoms with Gasteiger partial charge in [-0.1, -0.05) is 6.07 Å². The molecule has 1 saturated heterocycles. The fourth-order valence-electron chi connectivity index (χ4n) is 3.05. The average Bonchev–Trinajstić information content (AvgIpc) is 2.75. The number of anilines is 4. The standard InChI is InChI=1S/C20H20FN7O/c21-15-3-1-4-16(13-15)24-20(29)28-11-9-27(10-12-28)19-7-6-18(25-26-19)23-17-5-2-8-22-14-17/h1-8,13-14H,9-12H2,(H,23,25)(H,24,29). The minimum atomic E-state index is -0.382. The molecule has 0 atom stereocenters. The number of hydrogen-bond acceptors (Lipinski definition) is 6. The first-order valence-electron chi connectivity index (χ1n) is 9.24. The van der Waals surface area contributed by atoms with E-state index in [1.165, 1.54) is 12.1 Å². The van der Waals surface area contributed by atoms with Crippen molar-refractivity contribution in [3.8, 4) is 0 Å². The lowest BCUT2D eigenvalue weighted by Crippen LogP contribution is -2.50. The number of benzene rings is 1. The maximum absolute atomic E-state index is 13.3. The molecule has 2 aromatic heterocycles. The van der Waals surface area contributed by atoms with E-state index in [4.69, 9.17) is 0 Å². The normalized spacial score (nSPS) is 13.8. The van der Waals surface area contributed by atoms with Crippen molar-refractivity contribution in [3.63, 3.8) is 0 Å². The summed E-state index contributed by atoms with van der Waals surface area (Å²) < 4.78 is 13.3. The van der Waals surface area contributed by atoms with E-state index in [1.807, 2.05) is 24.3 Å². The lowest BCUT2D eigenvalue weighted by atomic mass is 10.3. The Labute approximate surface area is 167 Å². The maximum atomic E-state index is 13.3. The monoisotopic (exact) mass is 393 g/mol. The predicted molar refractivity (Wildman–Crippen MR) is 109 cm³/mol. The molecule has 1 fully saturated rings. The van der Waals surface area contributed by atoms with Gasteiger partial charge in [0.15, 0.2) is 11.6 Å². The number of aromatic nitrogens is 3. The number of halogens is 1. The number of pyridine rings is 1. The molecule has 0 unspecified atom stereocenters. The molecule has 3 aromatic rings. The molecule has 8 nitrogen and oxygen atoms in total. The van der Waals surface area contributed by atoms with Crippen molar-refractivity contribution in [2.45, 2.75) is 0 Å². The number of hydrogen-bond donors (Lipinski definition) is 2. The Hall–Kier alpha value is -3.75. The lowest BCUT2D eigenvalue weighted by Gasteiger charge is -2.35. The number of nitrogens with zero attached hydrogens (tertiary/aromatic N) is 5. The molecule has 1 aromatic carbocycles. The summed E-state index contributed by atoms with van der Waals surface area (Å²) in [6, 6.07) is 13.1. The summed E-state index contributed by atoms with van der Waals surface area (Å²) in [5, 5.41) is 14.4. The van der Waals surface area contributed by atoms with E-state index in [9.17, 15) is 9.18 Å². The predicted octanol–water partition coefficient (Wildman–Crippen LogP) is 3.11. The average molecular weight is 393 g/mol. The van der Waals surface area contributed by atoms with Crippen LogP contribution in [0.5, 0.6) is 0 Å². The van der Waals surface area contributed by atoms with Crippen LogP contribution in [0, 0.1) is 5.82 Å². The summed E-state index contributed by atoms with van der Waals surface area (Å²) in [5.74, 6) is 1.01. The van der Waals surface area contributed by atoms with E-state index in [2.05, 4.69) is 30.7 Å². The second-order valence-electron chi connectivity index (χ2n) is 6.56. The van der Waals surface area contributed by atoms with E-state index >= 15 is 0 Å². The van der Waals surface area contributed by atoms with Crippen LogP contribution >= 0.6 is 0 Å². The molecule has 0 radical (unpaired) electrons. The van der Waals surface area contributed by atoms with E-state index in [0.29, 0.717) is 37.7 Å². The zero-order valence-corrected chi connectivity index (χ0v) is 15.6. The van der Waals surface area contributed by atoms with E-state index < -0.39 is 0 Å². The Morgan fingerprint density at radius 3 is 2.48 bits per heavy atom. The Kier molecular flexibility index (Phi) is 5.46. The molecule has 2 N–H and O–H groups in total. The minimum Gasteiger partial charge on any atom is -0.352 e. The molecule has 9 heteroatoms. The third-order valence-electron chi connectivity index (χ3n) is 4.55. The first-order chi connectivity index (χ1) is 14.2. The SMILES string of the molecule is O=C(Nc1cccc(F)c1)N1CCN(c2ccc(Nc3cccnc3)nn2)CC1. The van der Waals surface area contributed by atoms with Gasteiger partial charge in [0, 0.05) is 38.1 Å². The number of carbonyl (C=O) groups is 1. The molecule has 0 bridgehead atoms. The maximum Gasteiger partial charge on any atom is 0.321 e. The van der Waals surface area contributed by atoms with Crippen molar-refractivity contribution in [2.24, 2.45) is 0 Å². The number of rotatable bonds is 4. The zero-order valence-electron chi connectivity index (χ0n) is 15.6. The molecule has 0 saturated carbocycles.